The van der Waals surface area contributed by atoms with Gasteiger partial charge in [-0.1, -0.05) is 35.9 Å². The number of piperazine rings is 1. The largest absolute Gasteiger partial charge is 0.497 e. The van der Waals surface area contributed by atoms with Crippen LogP contribution in [-0.4, -0.2) is 45.2 Å². The van der Waals surface area contributed by atoms with Crippen LogP contribution in [0, 0.1) is 0 Å². The van der Waals surface area contributed by atoms with Gasteiger partial charge in [-0.15, -0.1) is 0 Å². The van der Waals surface area contributed by atoms with Gasteiger partial charge in [0.25, 0.3) is 5.91 Å². The number of benzene rings is 2. The van der Waals surface area contributed by atoms with Gasteiger partial charge < -0.3 is 19.9 Å². The molecule has 0 aliphatic carbocycles. The Morgan fingerprint density at radius 1 is 1.11 bits per heavy atom. The van der Waals surface area contributed by atoms with Crippen molar-refractivity contribution in [2.75, 3.05) is 33.3 Å². The average Bonchev–Trinajstić information content (AvgIpc) is 2.72. The maximum atomic E-state index is 12.6. The molecular weight excluding hydrogens is 374 g/mol. The number of amides is 1. The van der Waals surface area contributed by atoms with Crippen LogP contribution in [0.4, 0.5) is 0 Å². The van der Waals surface area contributed by atoms with Gasteiger partial charge in [0.1, 0.15) is 38.5 Å². The van der Waals surface area contributed by atoms with Crippen molar-refractivity contribution in [3.05, 3.63) is 64.7 Å². The highest BCUT2D eigenvalue weighted by molar-refractivity contribution is 6.30. The second-order valence-electron chi connectivity index (χ2n) is 7.50. The van der Waals surface area contributed by atoms with Crippen molar-refractivity contribution in [2.24, 2.45) is 0 Å². The van der Waals surface area contributed by atoms with Gasteiger partial charge in [0.05, 0.1) is 7.11 Å². The number of ether oxygens (including phenoxy) is 1. The van der Waals surface area contributed by atoms with E-state index in [-0.39, 0.29) is 11.9 Å². The first-order chi connectivity index (χ1) is 13.5. The molecule has 1 fully saturated rings. The number of nitrogens with one attached hydrogen (secondary N) is 3. The van der Waals surface area contributed by atoms with Crippen LogP contribution in [0.5, 0.6) is 5.75 Å². The lowest BCUT2D eigenvalue weighted by Gasteiger charge is -2.32. The summed E-state index contributed by atoms with van der Waals surface area (Å²) in [5, 5.41) is 3.86. The van der Waals surface area contributed by atoms with E-state index in [0.29, 0.717) is 6.54 Å². The van der Waals surface area contributed by atoms with Crippen LogP contribution in [0.1, 0.15) is 18.1 Å². The summed E-state index contributed by atoms with van der Waals surface area (Å²) >= 11 is 6.09. The molecule has 0 unspecified atom stereocenters. The smallest absolute Gasteiger partial charge is 0.278 e. The fraction of sp³-hybridized carbons (Fsp3) is 0.409. The molecule has 28 heavy (non-hydrogen) atoms. The molecule has 2 aromatic rings. The minimum atomic E-state index is -0.0361. The Hall–Kier alpha value is -2.08. The van der Waals surface area contributed by atoms with Crippen LogP contribution >= 0.6 is 11.6 Å². The molecule has 1 saturated heterocycles. The lowest BCUT2D eigenvalue weighted by molar-refractivity contribution is -1.02. The quantitative estimate of drug-likeness (QED) is 0.624. The molecule has 0 radical (unpaired) electrons. The molecule has 0 aromatic heterocycles. The van der Waals surface area contributed by atoms with Crippen molar-refractivity contribution in [3.63, 3.8) is 0 Å². The third kappa shape index (κ3) is 5.71. The Kier molecular flexibility index (Phi) is 7.31. The Bertz CT molecular complexity index is 774. The lowest BCUT2D eigenvalue weighted by atomic mass is 10.1. The molecule has 3 N–H and O–H groups in total. The van der Waals surface area contributed by atoms with Gasteiger partial charge in [-0.25, -0.2) is 0 Å². The molecule has 1 aliphatic heterocycles. The number of carbonyl (C=O) groups excluding carboxylic acids is 1. The highest BCUT2D eigenvalue weighted by Gasteiger charge is 2.30. The Labute approximate surface area is 172 Å². The third-order valence-corrected chi connectivity index (χ3v) is 5.81. The fourth-order valence-electron chi connectivity index (χ4n) is 3.74. The monoisotopic (exact) mass is 403 g/mol. The van der Waals surface area contributed by atoms with E-state index in [0.717, 1.165) is 49.1 Å². The molecule has 2 aromatic carbocycles. The zero-order valence-corrected chi connectivity index (χ0v) is 17.4. The van der Waals surface area contributed by atoms with E-state index >= 15 is 0 Å². The molecule has 150 valence electrons. The Morgan fingerprint density at radius 2 is 1.82 bits per heavy atom. The molecule has 0 saturated carbocycles. The molecule has 3 rings (SSSR count). The normalized spacial score (nSPS) is 20.4. The van der Waals surface area contributed by atoms with Crippen LogP contribution < -0.4 is 19.9 Å². The zero-order valence-electron chi connectivity index (χ0n) is 16.6. The third-order valence-electron chi connectivity index (χ3n) is 5.57. The van der Waals surface area contributed by atoms with E-state index in [1.54, 1.807) is 12.0 Å². The van der Waals surface area contributed by atoms with Crippen molar-refractivity contribution in [1.29, 1.82) is 0 Å². The van der Waals surface area contributed by atoms with Gasteiger partial charge in [0.15, 0.2) is 6.04 Å². The number of carbonyl (C=O) groups is 1. The van der Waals surface area contributed by atoms with E-state index in [4.69, 9.17) is 16.3 Å². The summed E-state index contributed by atoms with van der Waals surface area (Å²) in [7, 11) is 1.65. The van der Waals surface area contributed by atoms with Crippen molar-refractivity contribution >= 4 is 17.5 Å². The van der Waals surface area contributed by atoms with Gasteiger partial charge in [0, 0.05) is 17.1 Å². The van der Waals surface area contributed by atoms with Gasteiger partial charge in [-0.05, 0) is 36.8 Å². The standard InChI is InChI=1S/C22H28ClN3O2/c1-17(22(27)24-15-18-6-8-21(28-2)9-7-18)26-12-10-25(11-13-26)16-19-4-3-5-20(23)14-19/h3-9,14,17H,10-13,15-16H2,1-2H3,(H,24,27)/p+2/t17-/m1/s1. The topological polar surface area (TPSA) is 47.2 Å². The van der Waals surface area contributed by atoms with Crippen molar-refractivity contribution in [3.8, 4) is 5.75 Å². The van der Waals surface area contributed by atoms with Crippen LogP contribution in [0.25, 0.3) is 0 Å². The lowest BCUT2D eigenvalue weighted by Crippen LogP contribution is -3.29. The van der Waals surface area contributed by atoms with E-state index < -0.39 is 0 Å². The second kappa shape index (κ2) is 9.92. The van der Waals surface area contributed by atoms with Crippen molar-refractivity contribution in [1.82, 2.24) is 5.32 Å². The van der Waals surface area contributed by atoms with Gasteiger partial charge >= 0.3 is 0 Å². The molecule has 6 heteroatoms. The van der Waals surface area contributed by atoms with E-state index in [1.807, 2.05) is 49.4 Å². The van der Waals surface area contributed by atoms with E-state index in [1.165, 1.54) is 10.5 Å². The number of quaternary nitrogens is 2. The Morgan fingerprint density at radius 3 is 2.46 bits per heavy atom. The predicted octanol–water partition coefficient (Wildman–Crippen LogP) is 0.337. The van der Waals surface area contributed by atoms with Gasteiger partial charge in [-0.3, -0.25) is 4.79 Å². The summed E-state index contributed by atoms with van der Waals surface area (Å²) in [6, 6.07) is 15.9. The van der Waals surface area contributed by atoms with Crippen LogP contribution in [0.15, 0.2) is 48.5 Å². The highest BCUT2D eigenvalue weighted by Crippen LogP contribution is 2.11. The number of halogens is 1. The van der Waals surface area contributed by atoms with Crippen LogP contribution in [-0.2, 0) is 17.9 Å². The zero-order chi connectivity index (χ0) is 19.9. The maximum absolute atomic E-state index is 12.6. The molecule has 1 amide bonds. The number of methoxy groups -OCH3 is 1. The first-order valence-electron chi connectivity index (χ1n) is 9.88. The first-order valence-corrected chi connectivity index (χ1v) is 10.3. The molecule has 1 heterocycles. The van der Waals surface area contributed by atoms with Gasteiger partial charge in [-0.2, -0.15) is 0 Å². The SMILES string of the molecule is COc1ccc(CNC(=O)[C@@H](C)[NH+]2CC[NH+](Cc3cccc(Cl)c3)CC2)cc1. The van der Waals surface area contributed by atoms with Crippen LogP contribution in [0.3, 0.4) is 0 Å². The summed E-state index contributed by atoms with van der Waals surface area (Å²) in [6.07, 6.45) is 0. The minimum Gasteiger partial charge on any atom is -0.497 e. The summed E-state index contributed by atoms with van der Waals surface area (Å²) in [6.45, 7) is 7.72. The minimum absolute atomic E-state index is 0.0361. The molecule has 0 bridgehead atoms. The predicted molar refractivity (Wildman–Crippen MR) is 111 cm³/mol. The molecule has 1 atom stereocenters. The fourth-order valence-corrected chi connectivity index (χ4v) is 3.95. The molecular formula is C22H30ClN3O2+2. The molecule has 0 spiro atoms. The second-order valence-corrected chi connectivity index (χ2v) is 7.94. The molecule has 1 aliphatic rings. The summed E-state index contributed by atoms with van der Waals surface area (Å²) in [5.74, 6) is 0.940. The van der Waals surface area contributed by atoms with Crippen LogP contribution in [0.2, 0.25) is 5.02 Å². The number of hydrogen-bond acceptors (Lipinski definition) is 2. The summed E-state index contributed by atoms with van der Waals surface area (Å²) in [5.41, 5.74) is 2.35. The van der Waals surface area contributed by atoms with Gasteiger partial charge in [0.2, 0.25) is 0 Å². The van der Waals surface area contributed by atoms with E-state index in [2.05, 4.69) is 11.4 Å². The average molecular weight is 404 g/mol. The summed E-state index contributed by atoms with van der Waals surface area (Å²) < 4.78 is 5.17. The first kappa shape index (κ1) is 20.6. The molecule has 5 nitrogen and oxygen atoms in total. The number of rotatable bonds is 7. The Balaban J connectivity index is 1.43. The van der Waals surface area contributed by atoms with Crippen molar-refractivity contribution < 1.29 is 19.3 Å². The highest BCUT2D eigenvalue weighted by atomic mass is 35.5. The van der Waals surface area contributed by atoms with Crippen molar-refractivity contribution in [2.45, 2.75) is 26.1 Å². The van der Waals surface area contributed by atoms with E-state index in [9.17, 15) is 4.79 Å². The summed E-state index contributed by atoms with van der Waals surface area (Å²) in [4.78, 5) is 15.5. The maximum Gasteiger partial charge on any atom is 0.278 e. The number of hydrogen-bond donors (Lipinski definition) is 3.